The zero-order valence-corrected chi connectivity index (χ0v) is 13.4. The van der Waals surface area contributed by atoms with Crippen LogP contribution in [-0.4, -0.2) is 37.6 Å². The molecule has 0 aliphatic carbocycles. The highest BCUT2D eigenvalue weighted by atomic mass is 15.3. The molecule has 2 nitrogen and oxygen atoms in total. The molecule has 0 aromatic heterocycles. The minimum absolute atomic E-state index is 1.17. The molecule has 1 fully saturated rings. The number of piperazine rings is 1. The molecular formula is C17H30N2. The maximum absolute atomic E-state index is 2.57. The summed E-state index contributed by atoms with van der Waals surface area (Å²) in [6.45, 7) is 16.7. The van der Waals surface area contributed by atoms with Crippen LogP contribution in [0.1, 0.15) is 38.3 Å². The van der Waals surface area contributed by atoms with Gasteiger partial charge < -0.3 is 4.90 Å². The van der Waals surface area contributed by atoms with E-state index in [9.17, 15) is 0 Å². The van der Waals surface area contributed by atoms with Crippen LogP contribution in [0.15, 0.2) is 18.2 Å². The van der Waals surface area contributed by atoms with Crippen molar-refractivity contribution < 1.29 is 0 Å². The Bertz CT molecular complexity index is 366. The Balaban J connectivity index is 0.000000861. The Morgan fingerprint density at radius 3 is 2.21 bits per heavy atom. The number of hydrogen-bond donors (Lipinski definition) is 0. The summed E-state index contributed by atoms with van der Waals surface area (Å²) in [6, 6.07) is 6.64. The molecular weight excluding hydrogens is 232 g/mol. The molecule has 1 saturated heterocycles. The number of hydrogen-bond acceptors (Lipinski definition) is 2. The molecule has 1 aliphatic rings. The molecule has 108 valence electrons. The second-order valence-corrected chi connectivity index (χ2v) is 5.05. The van der Waals surface area contributed by atoms with Gasteiger partial charge in [0, 0.05) is 31.9 Å². The summed E-state index contributed by atoms with van der Waals surface area (Å²) in [5, 5.41) is 0. The third-order valence-corrected chi connectivity index (χ3v) is 3.83. The minimum Gasteiger partial charge on any atom is -0.369 e. The molecule has 0 unspecified atom stereocenters. The normalized spacial score (nSPS) is 15.9. The quantitative estimate of drug-likeness (QED) is 0.816. The summed E-state index contributed by atoms with van der Waals surface area (Å²) in [4.78, 5) is 5.11. The average molecular weight is 262 g/mol. The first-order valence-electron chi connectivity index (χ1n) is 7.76. The average Bonchev–Trinajstić information content (AvgIpc) is 2.46. The third-order valence-electron chi connectivity index (χ3n) is 3.83. The maximum atomic E-state index is 2.57. The first kappa shape index (κ1) is 16.0. The highest BCUT2D eigenvalue weighted by Gasteiger charge is 2.17. The molecule has 1 aliphatic heterocycles. The number of aryl methyl sites for hydroxylation is 1. The van der Waals surface area contributed by atoms with E-state index in [-0.39, 0.29) is 0 Å². The van der Waals surface area contributed by atoms with Crippen molar-refractivity contribution in [2.75, 3.05) is 37.6 Å². The van der Waals surface area contributed by atoms with Gasteiger partial charge in [-0.25, -0.2) is 0 Å². The van der Waals surface area contributed by atoms with Gasteiger partial charge in [0.05, 0.1) is 0 Å². The molecule has 1 heterocycles. The Labute approximate surface area is 119 Å². The molecule has 0 bridgehead atoms. The van der Waals surface area contributed by atoms with E-state index in [1.54, 1.807) is 0 Å². The molecule has 1 aromatic rings. The molecule has 0 radical (unpaired) electrons. The zero-order valence-electron chi connectivity index (χ0n) is 13.4. The van der Waals surface area contributed by atoms with E-state index in [4.69, 9.17) is 0 Å². The van der Waals surface area contributed by atoms with Crippen LogP contribution in [0.2, 0.25) is 0 Å². The van der Waals surface area contributed by atoms with E-state index in [0.29, 0.717) is 0 Å². The maximum Gasteiger partial charge on any atom is 0.0399 e. The molecule has 2 rings (SSSR count). The fraction of sp³-hybridized carbons (Fsp3) is 0.647. The van der Waals surface area contributed by atoms with E-state index in [1.165, 1.54) is 56.0 Å². The largest absolute Gasteiger partial charge is 0.369 e. The van der Waals surface area contributed by atoms with Crippen LogP contribution < -0.4 is 4.90 Å². The van der Waals surface area contributed by atoms with Crippen molar-refractivity contribution in [3.8, 4) is 0 Å². The molecule has 0 saturated carbocycles. The monoisotopic (exact) mass is 262 g/mol. The SMILES string of the molecule is CC.CCCN1CCN(c2cccc(C)c2C)CC1. The topological polar surface area (TPSA) is 6.48 Å². The Kier molecular flexibility index (Phi) is 6.93. The van der Waals surface area contributed by atoms with E-state index >= 15 is 0 Å². The van der Waals surface area contributed by atoms with E-state index in [2.05, 4.69) is 48.8 Å². The van der Waals surface area contributed by atoms with E-state index < -0.39 is 0 Å². The highest BCUT2D eigenvalue weighted by molar-refractivity contribution is 5.56. The summed E-state index contributed by atoms with van der Waals surface area (Å²) in [7, 11) is 0. The molecule has 0 atom stereocenters. The summed E-state index contributed by atoms with van der Waals surface area (Å²) >= 11 is 0. The van der Waals surface area contributed by atoms with Crippen LogP contribution in [0.5, 0.6) is 0 Å². The lowest BCUT2D eigenvalue weighted by Gasteiger charge is -2.36. The second-order valence-electron chi connectivity index (χ2n) is 5.05. The van der Waals surface area contributed by atoms with Crippen molar-refractivity contribution >= 4 is 5.69 Å². The van der Waals surface area contributed by atoms with Crippen molar-refractivity contribution in [3.05, 3.63) is 29.3 Å². The van der Waals surface area contributed by atoms with Gasteiger partial charge in [-0.2, -0.15) is 0 Å². The van der Waals surface area contributed by atoms with Crippen molar-refractivity contribution in [2.24, 2.45) is 0 Å². The summed E-state index contributed by atoms with van der Waals surface area (Å²) in [6.07, 6.45) is 1.27. The van der Waals surface area contributed by atoms with Crippen LogP contribution in [0.3, 0.4) is 0 Å². The smallest absolute Gasteiger partial charge is 0.0399 e. The lowest BCUT2D eigenvalue weighted by Crippen LogP contribution is -2.46. The Morgan fingerprint density at radius 1 is 1.00 bits per heavy atom. The molecule has 2 heteroatoms. The molecule has 0 N–H and O–H groups in total. The van der Waals surface area contributed by atoms with Gasteiger partial charge >= 0.3 is 0 Å². The molecule has 19 heavy (non-hydrogen) atoms. The Morgan fingerprint density at radius 2 is 1.63 bits per heavy atom. The van der Waals surface area contributed by atoms with Gasteiger partial charge in [-0.15, -0.1) is 0 Å². The van der Waals surface area contributed by atoms with Gasteiger partial charge in [0.2, 0.25) is 0 Å². The van der Waals surface area contributed by atoms with Crippen LogP contribution in [0.4, 0.5) is 5.69 Å². The van der Waals surface area contributed by atoms with Crippen LogP contribution >= 0.6 is 0 Å². The van der Waals surface area contributed by atoms with Crippen molar-refractivity contribution in [3.63, 3.8) is 0 Å². The van der Waals surface area contributed by atoms with Gasteiger partial charge in [0.25, 0.3) is 0 Å². The molecule has 0 spiro atoms. The second kappa shape index (κ2) is 8.21. The fourth-order valence-electron chi connectivity index (χ4n) is 2.61. The van der Waals surface area contributed by atoms with Gasteiger partial charge in [-0.1, -0.05) is 32.9 Å². The zero-order chi connectivity index (χ0) is 14.3. The van der Waals surface area contributed by atoms with Crippen LogP contribution in [0, 0.1) is 13.8 Å². The molecule has 1 aromatic carbocycles. The number of anilines is 1. The number of benzene rings is 1. The van der Waals surface area contributed by atoms with Gasteiger partial charge in [0.15, 0.2) is 0 Å². The predicted octanol–water partition coefficient (Wildman–Crippen LogP) is 3.86. The lowest BCUT2D eigenvalue weighted by molar-refractivity contribution is 0.258. The summed E-state index contributed by atoms with van der Waals surface area (Å²) < 4.78 is 0. The van der Waals surface area contributed by atoms with Gasteiger partial charge in [-0.05, 0) is 44.0 Å². The summed E-state index contributed by atoms with van der Waals surface area (Å²) in [5.41, 5.74) is 4.27. The predicted molar refractivity (Wildman–Crippen MR) is 86.2 cm³/mol. The molecule has 0 amide bonds. The van der Waals surface area contributed by atoms with Crippen molar-refractivity contribution in [2.45, 2.75) is 41.0 Å². The van der Waals surface area contributed by atoms with Crippen LogP contribution in [-0.2, 0) is 0 Å². The van der Waals surface area contributed by atoms with Gasteiger partial charge in [-0.3, -0.25) is 4.90 Å². The minimum atomic E-state index is 1.17. The van der Waals surface area contributed by atoms with Crippen molar-refractivity contribution in [1.29, 1.82) is 0 Å². The number of rotatable bonds is 3. The summed E-state index contributed by atoms with van der Waals surface area (Å²) in [5.74, 6) is 0. The Hall–Kier alpha value is -1.02. The van der Waals surface area contributed by atoms with Gasteiger partial charge in [0.1, 0.15) is 0 Å². The van der Waals surface area contributed by atoms with E-state index in [0.717, 1.165) is 0 Å². The highest BCUT2D eigenvalue weighted by Crippen LogP contribution is 2.23. The fourth-order valence-corrected chi connectivity index (χ4v) is 2.61. The van der Waals surface area contributed by atoms with E-state index in [1.807, 2.05) is 13.8 Å². The number of nitrogens with zero attached hydrogens (tertiary/aromatic N) is 2. The van der Waals surface area contributed by atoms with Crippen molar-refractivity contribution in [1.82, 2.24) is 4.90 Å². The standard InChI is InChI=1S/C15H24N2.C2H6/c1-4-8-16-9-11-17(12-10-16)15-7-5-6-13(2)14(15)3;1-2/h5-7H,4,8-12H2,1-3H3;1-2H3. The first-order valence-corrected chi connectivity index (χ1v) is 7.76. The lowest BCUT2D eigenvalue weighted by atomic mass is 10.1. The first-order chi connectivity index (χ1) is 9.22. The third kappa shape index (κ3) is 4.24. The van der Waals surface area contributed by atoms with Crippen LogP contribution in [0.25, 0.3) is 0 Å².